The monoisotopic (exact) mass is 712 g/mol. The summed E-state index contributed by atoms with van der Waals surface area (Å²) in [7, 11) is 0. The Hall–Kier alpha value is -3.36. The van der Waals surface area contributed by atoms with E-state index in [1.54, 1.807) is 26.0 Å². The van der Waals surface area contributed by atoms with Gasteiger partial charge in [-0.15, -0.1) is 0 Å². The number of hydrogen-bond donors (Lipinski definition) is 2. The highest BCUT2D eigenvalue weighted by Crippen LogP contribution is 2.58. The van der Waals surface area contributed by atoms with Gasteiger partial charge in [0.05, 0.1) is 13.2 Å². The molecule has 0 radical (unpaired) electrons. The van der Waals surface area contributed by atoms with Crippen molar-refractivity contribution in [3.63, 3.8) is 0 Å². The second kappa shape index (κ2) is 15.3. The molecule has 1 aromatic rings. The molecule has 0 spiro atoms. The van der Waals surface area contributed by atoms with E-state index >= 15 is 0 Å². The third-order valence-corrected chi connectivity index (χ3v) is 10.8. The number of nitrogens with one attached hydrogen (secondary N) is 1. The number of ether oxygens (including phenoxy) is 5. The molecule has 1 aromatic carbocycles. The lowest BCUT2D eigenvalue weighted by atomic mass is 9.62. The van der Waals surface area contributed by atoms with Crippen LogP contribution in [-0.4, -0.2) is 96.1 Å². The zero-order chi connectivity index (χ0) is 36.4. The number of aliphatic hydroxyl groups excluding tert-OH is 1. The van der Waals surface area contributed by atoms with Crippen LogP contribution in [0.5, 0.6) is 0 Å². The first-order valence-corrected chi connectivity index (χ1v) is 18.5. The topological polar surface area (TPSA) is 159 Å². The molecule has 6 rings (SSSR count). The van der Waals surface area contributed by atoms with Crippen LogP contribution in [0.3, 0.4) is 0 Å². The molecule has 280 valence electrons. The number of aliphatic hydroxyl groups is 1. The minimum atomic E-state index is -1.33. The summed E-state index contributed by atoms with van der Waals surface area (Å²) in [6, 6.07) is 6.24. The van der Waals surface area contributed by atoms with Crippen molar-refractivity contribution in [2.24, 2.45) is 10.8 Å². The Labute approximate surface area is 299 Å². The third kappa shape index (κ3) is 7.33. The molecule has 4 saturated heterocycles. The maximum atomic E-state index is 14.1. The van der Waals surface area contributed by atoms with Gasteiger partial charge in [0.15, 0.2) is 11.8 Å². The lowest BCUT2D eigenvalue weighted by Gasteiger charge is -2.48. The zero-order valence-electron chi connectivity index (χ0n) is 30.1. The average Bonchev–Trinajstić information content (AvgIpc) is 3.74. The van der Waals surface area contributed by atoms with E-state index in [1.807, 2.05) is 18.2 Å². The minimum absolute atomic E-state index is 0.0272. The summed E-state index contributed by atoms with van der Waals surface area (Å²) < 4.78 is 30.2. The Bertz CT molecular complexity index is 1490. The Morgan fingerprint density at radius 1 is 1.04 bits per heavy atom. The van der Waals surface area contributed by atoms with E-state index in [9.17, 15) is 24.3 Å². The van der Waals surface area contributed by atoms with Crippen LogP contribution in [-0.2, 0) is 54.2 Å². The number of carbonyl (C=O) groups excluding carboxylic acids is 4. The van der Waals surface area contributed by atoms with Crippen LogP contribution in [0.4, 0.5) is 0 Å². The SMILES string of the molecule is CCCCCC1(CCCCC)OC2C3CC4(C(=O)NCCO)C(ON(Cc5cccc(C=CC(=O)OC6C(=O)OCC6(C)C)c5)C4C(=O)O3)C2O1. The maximum absolute atomic E-state index is 14.1. The van der Waals surface area contributed by atoms with E-state index < -0.39 is 77.0 Å². The molecule has 5 aliphatic rings. The quantitative estimate of drug-likeness (QED) is 0.111. The van der Waals surface area contributed by atoms with Gasteiger partial charge in [0.1, 0.15) is 36.4 Å². The fraction of sp³-hybridized carbons (Fsp3) is 0.684. The van der Waals surface area contributed by atoms with E-state index in [-0.39, 0.29) is 32.7 Å². The Kier molecular flexibility index (Phi) is 11.2. The predicted octanol–water partition coefficient (Wildman–Crippen LogP) is 3.74. The van der Waals surface area contributed by atoms with Gasteiger partial charge in [-0.3, -0.25) is 14.4 Å². The average molecular weight is 713 g/mol. The van der Waals surface area contributed by atoms with Gasteiger partial charge in [-0.25, -0.2) is 9.59 Å². The number of hydrogen-bond acceptors (Lipinski definition) is 12. The van der Waals surface area contributed by atoms with Crippen molar-refractivity contribution in [2.45, 2.75) is 134 Å². The molecule has 4 aliphatic heterocycles. The lowest BCUT2D eigenvalue weighted by Crippen LogP contribution is -2.69. The molecule has 51 heavy (non-hydrogen) atoms. The first-order valence-electron chi connectivity index (χ1n) is 18.5. The summed E-state index contributed by atoms with van der Waals surface area (Å²) in [5.74, 6) is -3.07. The highest BCUT2D eigenvalue weighted by molar-refractivity contribution is 5.93. The molecule has 7 atom stereocenters. The second-order valence-corrected chi connectivity index (χ2v) is 15.2. The predicted molar refractivity (Wildman–Crippen MR) is 182 cm³/mol. The molecule has 13 heteroatoms. The largest absolute Gasteiger partial charge is 0.462 e. The van der Waals surface area contributed by atoms with Gasteiger partial charge >= 0.3 is 17.9 Å². The number of esters is 3. The van der Waals surface area contributed by atoms with E-state index in [2.05, 4.69) is 19.2 Å². The summed E-state index contributed by atoms with van der Waals surface area (Å²) in [6.45, 7) is 7.96. The van der Waals surface area contributed by atoms with Gasteiger partial charge in [-0.1, -0.05) is 77.6 Å². The van der Waals surface area contributed by atoms with Crippen molar-refractivity contribution in [1.82, 2.24) is 10.4 Å². The summed E-state index contributed by atoms with van der Waals surface area (Å²) in [4.78, 5) is 59.4. The van der Waals surface area contributed by atoms with Crippen molar-refractivity contribution in [2.75, 3.05) is 19.8 Å². The smallest absolute Gasteiger partial charge is 0.348 e. The van der Waals surface area contributed by atoms with Crippen molar-refractivity contribution in [1.29, 1.82) is 0 Å². The summed E-state index contributed by atoms with van der Waals surface area (Å²) in [5, 5.41) is 13.9. The van der Waals surface area contributed by atoms with Crippen LogP contribution >= 0.6 is 0 Å². The number of amides is 1. The summed E-state index contributed by atoms with van der Waals surface area (Å²) in [5.41, 5.74) is -0.535. The van der Waals surface area contributed by atoms with Crippen LogP contribution in [0, 0.1) is 10.8 Å². The standard InChI is InChI=1S/C38H52N2O11/c1-5-7-9-16-37(17-10-8-6-2)49-28-26-21-38(35(45)39-18-19-41)30(33(43)47-26)40(51-31(38)29(28)50-37)22-25-13-11-12-24(20-25)14-15-27(42)48-32-34(44)46-23-36(32,3)4/h11-15,20,26,28-32,41H,5-10,16-19,21-23H2,1-4H3,(H,39,45). The summed E-state index contributed by atoms with van der Waals surface area (Å²) >= 11 is 0. The van der Waals surface area contributed by atoms with Crippen molar-refractivity contribution in [3.05, 3.63) is 41.5 Å². The maximum Gasteiger partial charge on any atom is 0.348 e. The first kappa shape index (κ1) is 37.4. The first-order chi connectivity index (χ1) is 24.5. The molecule has 1 amide bonds. The minimum Gasteiger partial charge on any atom is -0.462 e. The molecule has 5 fully saturated rings. The molecule has 1 saturated carbocycles. The number of nitrogens with zero attached hydrogens (tertiary/aromatic N) is 1. The van der Waals surface area contributed by atoms with Gasteiger partial charge in [0.25, 0.3) is 0 Å². The number of fused-ring (bicyclic) bond motifs is 4. The van der Waals surface area contributed by atoms with E-state index in [1.165, 1.54) is 11.1 Å². The fourth-order valence-corrected chi connectivity index (χ4v) is 8.26. The van der Waals surface area contributed by atoms with Crippen LogP contribution in [0.1, 0.15) is 96.6 Å². The number of cyclic esters (lactones) is 1. The molecule has 2 N–H and O–H groups in total. The third-order valence-electron chi connectivity index (χ3n) is 10.8. The molecular weight excluding hydrogens is 660 g/mol. The van der Waals surface area contributed by atoms with Gasteiger partial charge in [0.2, 0.25) is 12.0 Å². The number of rotatable bonds is 16. The Balaban J connectivity index is 1.25. The molecule has 2 bridgehead atoms. The van der Waals surface area contributed by atoms with Crippen LogP contribution in [0.25, 0.3) is 6.08 Å². The molecule has 1 aliphatic carbocycles. The summed E-state index contributed by atoms with van der Waals surface area (Å²) in [6.07, 6.45) is 6.65. The van der Waals surface area contributed by atoms with E-state index in [0.717, 1.165) is 44.1 Å². The molecule has 13 nitrogen and oxygen atoms in total. The number of carbonyl (C=O) groups is 4. The lowest BCUT2D eigenvalue weighted by molar-refractivity contribution is -0.224. The highest BCUT2D eigenvalue weighted by atomic mass is 16.8. The number of unbranched alkanes of at least 4 members (excludes halogenated alkanes) is 4. The fourth-order valence-electron chi connectivity index (χ4n) is 8.26. The molecule has 4 heterocycles. The van der Waals surface area contributed by atoms with Crippen molar-refractivity contribution in [3.8, 4) is 0 Å². The highest BCUT2D eigenvalue weighted by Gasteiger charge is 2.76. The Morgan fingerprint density at radius 2 is 1.76 bits per heavy atom. The zero-order valence-corrected chi connectivity index (χ0v) is 30.1. The van der Waals surface area contributed by atoms with Gasteiger partial charge in [-0.05, 0) is 30.0 Å². The second-order valence-electron chi connectivity index (χ2n) is 15.2. The Morgan fingerprint density at radius 3 is 2.43 bits per heavy atom. The van der Waals surface area contributed by atoms with E-state index in [0.29, 0.717) is 18.4 Å². The normalized spacial score (nSPS) is 31.7. The van der Waals surface area contributed by atoms with Gasteiger partial charge < -0.3 is 34.1 Å². The number of benzene rings is 1. The van der Waals surface area contributed by atoms with Gasteiger partial charge in [0, 0.05) is 37.3 Å². The van der Waals surface area contributed by atoms with E-state index in [4.69, 9.17) is 28.5 Å². The van der Waals surface area contributed by atoms with Crippen LogP contribution in [0.2, 0.25) is 0 Å². The van der Waals surface area contributed by atoms with Crippen molar-refractivity contribution < 1.29 is 52.8 Å². The van der Waals surface area contributed by atoms with Crippen molar-refractivity contribution >= 4 is 29.9 Å². The van der Waals surface area contributed by atoms with Crippen LogP contribution in [0.15, 0.2) is 30.3 Å². The molecular formula is C38H52N2O11. The molecule has 0 aromatic heterocycles. The van der Waals surface area contributed by atoms with Crippen LogP contribution < -0.4 is 5.32 Å². The molecule has 7 unspecified atom stereocenters. The number of hydroxylamine groups is 2. The van der Waals surface area contributed by atoms with Gasteiger partial charge in [-0.2, -0.15) is 5.06 Å².